The number of thioether (sulfide) groups is 1. The first-order valence-corrected chi connectivity index (χ1v) is 16.4. The number of nitrogens with zero attached hydrogens (tertiary/aromatic N) is 3. The van der Waals surface area contributed by atoms with E-state index in [9.17, 15) is 14.3 Å². The summed E-state index contributed by atoms with van der Waals surface area (Å²) in [7, 11) is 0. The average molecular weight is 648 g/mol. The molecule has 0 aliphatic rings. The number of rotatable bonds is 10. The molecule has 3 aromatic heterocycles. The lowest BCUT2D eigenvalue weighted by atomic mass is 9.88. The number of aliphatic carboxylic acids is 1. The van der Waals surface area contributed by atoms with E-state index in [1.54, 1.807) is 31.7 Å². The van der Waals surface area contributed by atoms with Crippen molar-refractivity contribution < 1.29 is 19.0 Å². The maximum Gasteiger partial charge on any atom is 0.309 e. The van der Waals surface area contributed by atoms with E-state index in [1.807, 2.05) is 60.7 Å². The van der Waals surface area contributed by atoms with Gasteiger partial charge in [-0.25, -0.2) is 9.37 Å². The molecule has 0 aliphatic carbocycles. The molecule has 0 saturated heterocycles. The Bertz CT molecular complexity index is 2060. The third kappa shape index (κ3) is 7.33. The van der Waals surface area contributed by atoms with Crippen molar-refractivity contribution in [2.24, 2.45) is 5.41 Å². The predicted molar refractivity (Wildman–Crippen MR) is 187 cm³/mol. The summed E-state index contributed by atoms with van der Waals surface area (Å²) in [5, 5.41) is 12.3. The fourth-order valence-corrected chi connectivity index (χ4v) is 6.76. The predicted octanol–water partition coefficient (Wildman–Crippen LogP) is 9.56. The molecule has 0 spiro atoms. The Kier molecular flexibility index (Phi) is 8.81. The highest BCUT2D eigenvalue weighted by molar-refractivity contribution is 8.00. The highest BCUT2D eigenvalue weighted by Gasteiger charge is 2.33. The van der Waals surface area contributed by atoms with Crippen molar-refractivity contribution in [3.63, 3.8) is 0 Å². The van der Waals surface area contributed by atoms with Crippen molar-refractivity contribution in [1.82, 2.24) is 14.5 Å². The molecule has 3 aromatic carbocycles. The van der Waals surface area contributed by atoms with Crippen LogP contribution in [0.1, 0.15) is 51.6 Å². The van der Waals surface area contributed by atoms with Crippen LogP contribution in [0.2, 0.25) is 0 Å². The first kappa shape index (κ1) is 32.3. The number of para-hydroxylation sites is 1. The van der Waals surface area contributed by atoms with Gasteiger partial charge in [-0.3, -0.25) is 9.78 Å². The summed E-state index contributed by atoms with van der Waals surface area (Å²) in [5.41, 5.74) is 5.41. The second-order valence-corrected chi connectivity index (χ2v) is 15.3. The molecule has 0 amide bonds. The summed E-state index contributed by atoms with van der Waals surface area (Å²) in [5.74, 6) is -0.492. The lowest BCUT2D eigenvalue weighted by Crippen LogP contribution is -2.28. The van der Waals surface area contributed by atoms with E-state index < -0.39 is 11.4 Å². The van der Waals surface area contributed by atoms with Crippen LogP contribution in [-0.4, -0.2) is 30.4 Å². The van der Waals surface area contributed by atoms with Crippen LogP contribution >= 0.6 is 11.8 Å². The highest BCUT2D eigenvalue weighted by atomic mass is 32.2. The van der Waals surface area contributed by atoms with Crippen LogP contribution in [0.15, 0.2) is 102 Å². The molecule has 0 fully saturated rings. The van der Waals surface area contributed by atoms with Gasteiger partial charge in [0.15, 0.2) is 0 Å². The van der Waals surface area contributed by atoms with E-state index in [-0.39, 0.29) is 10.6 Å². The van der Waals surface area contributed by atoms with Crippen molar-refractivity contribution >= 4 is 39.5 Å². The standard InChI is InChI=1S/C39H38FN3O3S/c1-38(2,3)47-36-31-20-30(46-24-29-16-14-26-8-6-7-9-33(26)42-29)17-19-34(31)43(35(36)21-39(4,5)37(44)45)23-25-10-12-27(13-11-25)32-18-15-28(40)22-41-32/h6-20,22H,21,23-24H2,1-5H3,(H,44,45). The van der Waals surface area contributed by atoms with E-state index >= 15 is 0 Å². The Balaban J connectivity index is 1.40. The maximum absolute atomic E-state index is 13.4. The zero-order valence-corrected chi connectivity index (χ0v) is 28.1. The van der Waals surface area contributed by atoms with Crippen molar-refractivity contribution in [2.45, 2.75) is 63.8 Å². The highest BCUT2D eigenvalue weighted by Crippen LogP contribution is 2.44. The van der Waals surface area contributed by atoms with E-state index in [2.05, 4.69) is 48.5 Å². The zero-order chi connectivity index (χ0) is 33.3. The van der Waals surface area contributed by atoms with Crippen LogP contribution in [0, 0.1) is 11.2 Å². The number of halogens is 1. The summed E-state index contributed by atoms with van der Waals surface area (Å²) in [6.45, 7) is 10.9. The third-order valence-corrected chi connectivity index (χ3v) is 9.32. The molecule has 0 aliphatic heterocycles. The molecule has 0 atom stereocenters. The minimum absolute atomic E-state index is 0.128. The van der Waals surface area contributed by atoms with Crippen LogP contribution in [0.3, 0.4) is 0 Å². The van der Waals surface area contributed by atoms with E-state index in [0.29, 0.717) is 25.3 Å². The lowest BCUT2D eigenvalue weighted by Gasteiger charge is -2.24. The second-order valence-electron chi connectivity index (χ2n) is 13.5. The summed E-state index contributed by atoms with van der Waals surface area (Å²) in [6.07, 6.45) is 1.57. The van der Waals surface area contributed by atoms with Crippen LogP contribution in [0.4, 0.5) is 4.39 Å². The molecule has 0 bridgehead atoms. The molecule has 3 heterocycles. The van der Waals surface area contributed by atoms with Crippen molar-refractivity contribution in [1.29, 1.82) is 0 Å². The molecule has 0 unspecified atom stereocenters. The molecule has 6 nitrogen and oxygen atoms in total. The van der Waals surface area contributed by atoms with Crippen LogP contribution < -0.4 is 4.74 Å². The number of carboxylic acids is 1. The summed E-state index contributed by atoms with van der Waals surface area (Å²) in [4.78, 5) is 22.4. The molecule has 0 radical (unpaired) electrons. The number of benzene rings is 3. The number of fused-ring (bicyclic) bond motifs is 2. The second kappa shape index (κ2) is 12.8. The van der Waals surface area contributed by atoms with E-state index in [1.165, 1.54) is 12.3 Å². The minimum atomic E-state index is -0.988. The molecular formula is C39H38FN3O3S. The van der Waals surface area contributed by atoms with Crippen molar-refractivity contribution in [2.75, 3.05) is 0 Å². The fourth-order valence-electron chi connectivity index (χ4n) is 5.57. The number of hydrogen-bond donors (Lipinski definition) is 1. The van der Waals surface area contributed by atoms with E-state index in [0.717, 1.165) is 55.0 Å². The van der Waals surface area contributed by atoms with Crippen LogP contribution in [0.5, 0.6) is 5.75 Å². The fraction of sp³-hybridized carbons (Fsp3) is 0.256. The third-order valence-electron chi connectivity index (χ3n) is 8.05. The topological polar surface area (TPSA) is 77.2 Å². The molecule has 6 rings (SSSR count). The average Bonchev–Trinajstić information content (AvgIpc) is 3.29. The quantitative estimate of drug-likeness (QED) is 0.149. The summed E-state index contributed by atoms with van der Waals surface area (Å²) in [6, 6.07) is 29.3. The van der Waals surface area contributed by atoms with Gasteiger partial charge in [0.25, 0.3) is 0 Å². The number of carbonyl (C=O) groups is 1. The van der Waals surface area contributed by atoms with Gasteiger partial charge in [0.05, 0.1) is 28.5 Å². The molecule has 47 heavy (non-hydrogen) atoms. The Labute approximate surface area is 278 Å². The van der Waals surface area contributed by atoms with Gasteiger partial charge in [0.2, 0.25) is 0 Å². The normalized spacial score (nSPS) is 12.1. The van der Waals surface area contributed by atoms with E-state index in [4.69, 9.17) is 9.72 Å². The first-order valence-electron chi connectivity index (χ1n) is 15.6. The molecular weight excluding hydrogens is 610 g/mol. The Morgan fingerprint density at radius 2 is 1.70 bits per heavy atom. The monoisotopic (exact) mass is 647 g/mol. The van der Waals surface area contributed by atoms with Gasteiger partial charge >= 0.3 is 5.97 Å². The van der Waals surface area contributed by atoms with Gasteiger partial charge in [0, 0.05) is 50.2 Å². The molecule has 240 valence electrons. The van der Waals surface area contributed by atoms with Crippen molar-refractivity contribution in [3.05, 3.63) is 120 Å². The Morgan fingerprint density at radius 1 is 0.936 bits per heavy atom. The Hall–Kier alpha value is -4.69. The summed E-state index contributed by atoms with van der Waals surface area (Å²) < 4.78 is 21.8. The SMILES string of the molecule is CC(C)(C)Sc1c(CC(C)(C)C(=O)O)n(Cc2ccc(-c3ccc(F)cn3)cc2)c2ccc(OCc3ccc4ccccc4n3)cc12. The minimum Gasteiger partial charge on any atom is -0.487 e. The number of carboxylic acid groups (broad SMARTS) is 1. The first-order chi connectivity index (χ1) is 22.4. The number of ether oxygens (including phenoxy) is 1. The maximum atomic E-state index is 13.4. The number of aromatic nitrogens is 3. The summed E-state index contributed by atoms with van der Waals surface area (Å²) >= 11 is 1.75. The van der Waals surface area contributed by atoms with Gasteiger partial charge in [0.1, 0.15) is 18.2 Å². The Morgan fingerprint density at radius 3 is 2.40 bits per heavy atom. The van der Waals surface area contributed by atoms with Gasteiger partial charge in [-0.2, -0.15) is 0 Å². The lowest BCUT2D eigenvalue weighted by molar-refractivity contribution is -0.146. The van der Waals surface area contributed by atoms with Crippen LogP contribution in [-0.2, 0) is 24.4 Å². The van der Waals surface area contributed by atoms with Crippen LogP contribution in [0.25, 0.3) is 33.1 Å². The van der Waals surface area contributed by atoms with Gasteiger partial charge in [-0.15, -0.1) is 11.8 Å². The molecule has 8 heteroatoms. The van der Waals surface area contributed by atoms with Gasteiger partial charge in [-0.05, 0) is 61.9 Å². The zero-order valence-electron chi connectivity index (χ0n) is 27.3. The largest absolute Gasteiger partial charge is 0.487 e. The number of pyridine rings is 2. The van der Waals surface area contributed by atoms with Crippen molar-refractivity contribution in [3.8, 4) is 17.0 Å². The number of hydrogen-bond acceptors (Lipinski definition) is 5. The molecule has 0 saturated carbocycles. The molecule has 1 N–H and O–H groups in total. The van der Waals surface area contributed by atoms with Gasteiger partial charge < -0.3 is 14.4 Å². The van der Waals surface area contributed by atoms with Gasteiger partial charge in [-0.1, -0.05) is 69.3 Å². The molecule has 6 aromatic rings. The smallest absolute Gasteiger partial charge is 0.309 e.